The molecule has 0 unspecified atom stereocenters. The van der Waals surface area contributed by atoms with Crippen LogP contribution in [-0.4, -0.2) is 127 Å². The molecule has 15 heteroatoms. The van der Waals surface area contributed by atoms with E-state index in [0.717, 1.165) is 77.8 Å². The smallest absolute Gasteiger partial charge is 0.282 e. The van der Waals surface area contributed by atoms with Crippen LogP contribution in [0.15, 0.2) is 30.7 Å². The fourth-order valence-electron chi connectivity index (χ4n) is 8.36. The molecule has 51 heavy (non-hydrogen) atoms. The quantitative estimate of drug-likeness (QED) is 0.372. The highest BCUT2D eigenvalue weighted by molar-refractivity contribution is 7.86. The highest BCUT2D eigenvalue weighted by Crippen LogP contribution is 2.43. The van der Waals surface area contributed by atoms with Crippen molar-refractivity contribution in [2.45, 2.75) is 78.3 Å². The van der Waals surface area contributed by atoms with Crippen LogP contribution < -0.4 is 15.0 Å². The predicted octanol–water partition coefficient (Wildman–Crippen LogP) is 4.63. The fraction of sp³-hybridized carbons (Fsp3) is 0.694. The Balaban J connectivity index is 0.00000504. The minimum atomic E-state index is -3.40. The Kier molecular flexibility index (Phi) is 13.2. The number of likely N-dealkylation sites (tertiary alicyclic amines) is 1. The Bertz CT molecular complexity index is 1570. The Hall–Kier alpha value is -2.62. The maximum atomic E-state index is 14.4. The molecule has 12 nitrogen and oxygen atoms in total. The van der Waals surface area contributed by atoms with Crippen molar-refractivity contribution < 1.29 is 22.3 Å². The first-order valence-corrected chi connectivity index (χ1v) is 19.9. The van der Waals surface area contributed by atoms with Gasteiger partial charge in [0.15, 0.2) is 11.6 Å². The van der Waals surface area contributed by atoms with Crippen molar-refractivity contribution in [3.05, 3.63) is 42.1 Å². The van der Waals surface area contributed by atoms with Crippen LogP contribution in [0.5, 0.6) is 11.5 Å². The van der Waals surface area contributed by atoms with E-state index in [1.165, 1.54) is 24.5 Å². The molecule has 1 N–H and O–H groups in total. The van der Waals surface area contributed by atoms with E-state index in [2.05, 4.69) is 25.1 Å². The maximum Gasteiger partial charge on any atom is 0.282 e. The zero-order chi connectivity index (χ0) is 35.5. The summed E-state index contributed by atoms with van der Waals surface area (Å²) in [4.78, 5) is 28.9. The minimum Gasteiger partial charge on any atom is -0.451 e. The second-order valence-corrected chi connectivity index (χ2v) is 17.1. The molecule has 284 valence electrons. The molecule has 1 atom stereocenters. The van der Waals surface area contributed by atoms with Gasteiger partial charge >= 0.3 is 0 Å². The fourth-order valence-corrected chi connectivity index (χ4v) is 10.0. The first kappa shape index (κ1) is 39.6. The average Bonchev–Trinajstić information content (AvgIpc) is 3.36. The van der Waals surface area contributed by atoms with Gasteiger partial charge in [-0.15, -0.1) is 12.4 Å². The number of piperidine rings is 2. The van der Waals surface area contributed by atoms with Gasteiger partial charge in [0.05, 0.1) is 11.8 Å². The van der Waals surface area contributed by atoms with Gasteiger partial charge in [-0.05, 0) is 115 Å². The third kappa shape index (κ3) is 9.13. The lowest BCUT2D eigenvalue weighted by atomic mass is 9.71. The number of nitrogens with zero attached hydrogens (tertiary/aromatic N) is 7. The Morgan fingerprint density at radius 3 is 2.37 bits per heavy atom. The third-order valence-electron chi connectivity index (χ3n) is 11.2. The van der Waals surface area contributed by atoms with E-state index in [1.54, 1.807) is 19.7 Å². The zero-order valence-corrected chi connectivity index (χ0v) is 32.2. The standard InChI is InChI=1S/C36H55FN8O4S.ClH/c1-27(2)45(28(3)4)35(46)31-22-30(37)6-7-32(31)49-33-23-39-26-40-34(33)42-16-8-29(25-42)24-41-17-9-36(10-18-41)11-19-44(20-12-36)50(47,48)43-15-5-13-38-14-21-43;/h6-7,22-23,26-29,38H,5,8-21,24-25H2,1-4H3;1H/t29-;/m0./s1. The number of carbonyl (C=O) groups is 1. The van der Waals surface area contributed by atoms with Crippen LogP contribution in [0, 0.1) is 17.2 Å². The summed E-state index contributed by atoms with van der Waals surface area (Å²) in [5.74, 6) is 1.08. The summed E-state index contributed by atoms with van der Waals surface area (Å²) in [5, 5.41) is 3.30. The number of carbonyl (C=O) groups excluding carboxylic acids is 1. The van der Waals surface area contributed by atoms with Crippen LogP contribution in [0.25, 0.3) is 0 Å². The number of hydrogen-bond donors (Lipinski definition) is 1. The van der Waals surface area contributed by atoms with Crippen molar-refractivity contribution in [2.75, 3.05) is 76.9 Å². The lowest BCUT2D eigenvalue weighted by Gasteiger charge is -2.47. The van der Waals surface area contributed by atoms with Gasteiger partial charge in [0.1, 0.15) is 17.9 Å². The van der Waals surface area contributed by atoms with E-state index in [-0.39, 0.29) is 47.1 Å². The van der Waals surface area contributed by atoms with Crippen molar-refractivity contribution in [3.8, 4) is 11.5 Å². The molecule has 1 spiro atoms. The van der Waals surface area contributed by atoms with Crippen molar-refractivity contribution in [3.63, 3.8) is 0 Å². The summed E-state index contributed by atoms with van der Waals surface area (Å²) >= 11 is 0. The molecule has 1 amide bonds. The number of rotatable bonds is 10. The van der Waals surface area contributed by atoms with Gasteiger partial charge in [-0.1, -0.05) is 0 Å². The van der Waals surface area contributed by atoms with E-state index in [0.29, 0.717) is 50.2 Å². The second kappa shape index (κ2) is 17.0. The van der Waals surface area contributed by atoms with E-state index < -0.39 is 16.0 Å². The molecule has 0 radical (unpaired) electrons. The van der Waals surface area contributed by atoms with Gasteiger partial charge < -0.3 is 24.8 Å². The molecule has 4 saturated heterocycles. The van der Waals surface area contributed by atoms with Gasteiger partial charge in [0, 0.05) is 64.4 Å². The number of amides is 1. The van der Waals surface area contributed by atoms with Crippen LogP contribution in [0.2, 0.25) is 0 Å². The number of nitrogens with one attached hydrogen (secondary N) is 1. The molecule has 4 aliphatic rings. The number of hydrogen-bond acceptors (Lipinski definition) is 9. The van der Waals surface area contributed by atoms with E-state index in [4.69, 9.17) is 4.74 Å². The van der Waals surface area contributed by atoms with Crippen molar-refractivity contribution >= 4 is 34.3 Å². The molecule has 6 rings (SSSR count). The Morgan fingerprint density at radius 1 is 0.980 bits per heavy atom. The molecule has 0 bridgehead atoms. The van der Waals surface area contributed by atoms with Gasteiger partial charge in [-0.3, -0.25) is 4.79 Å². The number of benzene rings is 1. The minimum absolute atomic E-state index is 0. The van der Waals surface area contributed by atoms with E-state index in [1.807, 2.05) is 27.7 Å². The summed E-state index contributed by atoms with van der Waals surface area (Å²) in [5.41, 5.74) is 0.409. The van der Waals surface area contributed by atoms with Crippen LogP contribution >= 0.6 is 12.4 Å². The third-order valence-corrected chi connectivity index (χ3v) is 13.2. The van der Waals surface area contributed by atoms with Crippen LogP contribution in [0.4, 0.5) is 10.2 Å². The molecular weight excluding hydrogens is 695 g/mol. The van der Waals surface area contributed by atoms with Gasteiger partial charge in [-0.2, -0.15) is 17.0 Å². The second-order valence-electron chi connectivity index (χ2n) is 15.2. The molecular formula is C36H56ClFN8O4S. The molecule has 1 aromatic carbocycles. The zero-order valence-electron chi connectivity index (χ0n) is 30.6. The first-order valence-electron chi connectivity index (χ1n) is 18.5. The number of ether oxygens (including phenoxy) is 1. The van der Waals surface area contributed by atoms with Crippen LogP contribution in [-0.2, 0) is 10.2 Å². The van der Waals surface area contributed by atoms with Crippen molar-refractivity contribution in [1.82, 2.24) is 33.7 Å². The molecule has 0 aliphatic carbocycles. The Morgan fingerprint density at radius 2 is 1.67 bits per heavy atom. The summed E-state index contributed by atoms with van der Waals surface area (Å²) in [6.07, 6.45) is 9.11. The average molecular weight is 751 g/mol. The largest absolute Gasteiger partial charge is 0.451 e. The highest BCUT2D eigenvalue weighted by atomic mass is 35.5. The lowest BCUT2D eigenvalue weighted by Crippen LogP contribution is -2.52. The van der Waals surface area contributed by atoms with E-state index >= 15 is 0 Å². The number of halogens is 2. The van der Waals surface area contributed by atoms with Crippen LogP contribution in [0.1, 0.15) is 76.6 Å². The summed E-state index contributed by atoms with van der Waals surface area (Å²) in [7, 11) is -3.40. The summed E-state index contributed by atoms with van der Waals surface area (Å²) in [6.45, 7) is 16.5. The van der Waals surface area contributed by atoms with Crippen molar-refractivity contribution in [2.24, 2.45) is 11.3 Å². The predicted molar refractivity (Wildman–Crippen MR) is 199 cm³/mol. The molecule has 4 aliphatic heterocycles. The highest BCUT2D eigenvalue weighted by Gasteiger charge is 2.42. The Labute approximate surface area is 309 Å². The topological polar surface area (TPSA) is 114 Å². The van der Waals surface area contributed by atoms with Gasteiger partial charge in [-0.25, -0.2) is 14.4 Å². The molecule has 0 saturated carbocycles. The monoisotopic (exact) mass is 750 g/mol. The SMILES string of the molecule is CC(C)N(C(=O)c1cc(F)ccc1Oc1cncnc1N1CC[C@@H](CN2CCC3(CC2)CCN(S(=O)(=O)N2CCCNCC2)CC3)C1)C(C)C.Cl. The first-order chi connectivity index (χ1) is 24.0. The maximum absolute atomic E-state index is 14.4. The molecule has 2 aromatic rings. The normalized spacial score (nSPS) is 22.3. The van der Waals surface area contributed by atoms with Crippen molar-refractivity contribution in [1.29, 1.82) is 0 Å². The molecule has 1 aromatic heterocycles. The number of anilines is 1. The van der Waals surface area contributed by atoms with Gasteiger partial charge in [0.25, 0.3) is 16.1 Å². The summed E-state index contributed by atoms with van der Waals surface area (Å²) in [6, 6.07) is 3.92. The lowest BCUT2D eigenvalue weighted by molar-refractivity contribution is 0.0493. The molecule has 4 fully saturated rings. The molecule has 5 heterocycles. The number of aromatic nitrogens is 2. The summed E-state index contributed by atoms with van der Waals surface area (Å²) < 4.78 is 50.8. The van der Waals surface area contributed by atoms with Crippen LogP contribution in [0.3, 0.4) is 0 Å². The van der Waals surface area contributed by atoms with Gasteiger partial charge in [0.2, 0.25) is 0 Å². The van der Waals surface area contributed by atoms with E-state index in [9.17, 15) is 17.6 Å².